The van der Waals surface area contributed by atoms with Crippen LogP contribution in [0.15, 0.2) is 30.5 Å². The molecule has 0 aliphatic carbocycles. The number of aromatic carboxylic acids is 1. The molecule has 0 saturated heterocycles. The van der Waals surface area contributed by atoms with Crippen molar-refractivity contribution in [3.63, 3.8) is 0 Å². The number of carbonyl (C=O) groups is 1. The van der Waals surface area contributed by atoms with Crippen molar-refractivity contribution in [1.29, 1.82) is 0 Å². The number of hydrogen-bond acceptors (Lipinski definition) is 3. The molecule has 0 amide bonds. The first-order valence-electron chi connectivity index (χ1n) is 4.52. The lowest BCUT2D eigenvalue weighted by molar-refractivity contribution is 0.0690. The summed E-state index contributed by atoms with van der Waals surface area (Å²) >= 11 is 0. The maximum absolute atomic E-state index is 12.0. The lowest BCUT2D eigenvalue weighted by Crippen LogP contribution is -1.99. The Morgan fingerprint density at radius 2 is 2.19 bits per heavy atom. The van der Waals surface area contributed by atoms with Crippen LogP contribution in [0.5, 0.6) is 5.75 Å². The highest BCUT2D eigenvalue weighted by Gasteiger charge is 2.05. The van der Waals surface area contributed by atoms with Crippen LogP contribution in [0.2, 0.25) is 0 Å². The van der Waals surface area contributed by atoms with E-state index >= 15 is 0 Å². The number of hydrogen-bond donors (Lipinski definition) is 1. The SMILES string of the molecule is O=C(O)c1cc2cc(OCF)ccc2cn1. The Morgan fingerprint density at radius 1 is 1.38 bits per heavy atom. The molecule has 1 aromatic heterocycles. The topological polar surface area (TPSA) is 59.4 Å². The molecule has 82 valence electrons. The molecule has 0 aliphatic heterocycles. The molecule has 1 heterocycles. The van der Waals surface area contributed by atoms with Gasteiger partial charge >= 0.3 is 5.97 Å². The summed E-state index contributed by atoms with van der Waals surface area (Å²) in [6, 6.07) is 6.29. The number of ether oxygens (including phenoxy) is 1. The first-order valence-corrected chi connectivity index (χ1v) is 4.52. The second kappa shape index (κ2) is 4.14. The molecule has 0 bridgehead atoms. The zero-order valence-electron chi connectivity index (χ0n) is 8.18. The predicted octanol–water partition coefficient (Wildman–Crippen LogP) is 2.24. The average molecular weight is 221 g/mol. The minimum Gasteiger partial charge on any atom is -0.477 e. The van der Waals surface area contributed by atoms with Crippen LogP contribution >= 0.6 is 0 Å². The van der Waals surface area contributed by atoms with E-state index in [4.69, 9.17) is 5.11 Å². The van der Waals surface area contributed by atoms with Crippen molar-refractivity contribution >= 4 is 16.7 Å². The van der Waals surface area contributed by atoms with Crippen LogP contribution in [0.3, 0.4) is 0 Å². The summed E-state index contributed by atoms with van der Waals surface area (Å²) in [6.45, 7) is -0.914. The summed E-state index contributed by atoms with van der Waals surface area (Å²) in [5.74, 6) is -0.740. The Balaban J connectivity index is 2.52. The number of rotatable bonds is 3. The molecule has 0 aliphatic rings. The quantitative estimate of drug-likeness (QED) is 0.863. The molecule has 1 N–H and O–H groups in total. The van der Waals surface area contributed by atoms with Crippen LogP contribution in [0.1, 0.15) is 10.5 Å². The number of halogens is 1. The van der Waals surface area contributed by atoms with Gasteiger partial charge in [-0.3, -0.25) is 0 Å². The molecule has 2 aromatic rings. The molecule has 4 nitrogen and oxygen atoms in total. The van der Waals surface area contributed by atoms with Crippen molar-refractivity contribution in [3.8, 4) is 5.75 Å². The maximum atomic E-state index is 12.0. The number of benzene rings is 1. The van der Waals surface area contributed by atoms with E-state index < -0.39 is 12.8 Å². The lowest BCUT2D eigenvalue weighted by atomic mass is 10.1. The van der Waals surface area contributed by atoms with Crippen molar-refractivity contribution in [2.75, 3.05) is 6.86 Å². The zero-order chi connectivity index (χ0) is 11.5. The Labute approximate surface area is 90.3 Å². The van der Waals surface area contributed by atoms with E-state index in [1.54, 1.807) is 18.2 Å². The first kappa shape index (κ1) is 10.4. The Kier molecular flexibility index (Phi) is 2.68. The molecule has 0 unspecified atom stereocenters. The van der Waals surface area contributed by atoms with Gasteiger partial charge in [0.25, 0.3) is 0 Å². The van der Waals surface area contributed by atoms with Gasteiger partial charge in [-0.05, 0) is 29.7 Å². The largest absolute Gasteiger partial charge is 0.477 e. The number of fused-ring (bicyclic) bond motifs is 1. The van der Waals surface area contributed by atoms with Crippen LogP contribution in [0.25, 0.3) is 10.8 Å². The van der Waals surface area contributed by atoms with Gasteiger partial charge in [-0.15, -0.1) is 0 Å². The number of pyridine rings is 1. The maximum Gasteiger partial charge on any atom is 0.354 e. The summed E-state index contributed by atoms with van der Waals surface area (Å²) < 4.78 is 16.6. The average Bonchev–Trinajstić information content (AvgIpc) is 2.28. The van der Waals surface area contributed by atoms with Gasteiger partial charge in [0.15, 0.2) is 0 Å². The fraction of sp³-hybridized carbons (Fsp3) is 0.0909. The van der Waals surface area contributed by atoms with Gasteiger partial charge < -0.3 is 9.84 Å². The highest BCUT2D eigenvalue weighted by Crippen LogP contribution is 2.21. The summed E-state index contributed by atoms with van der Waals surface area (Å²) in [5, 5.41) is 10.2. The zero-order valence-corrected chi connectivity index (χ0v) is 8.18. The molecule has 0 saturated carbocycles. The van der Waals surface area contributed by atoms with Crippen LogP contribution in [-0.4, -0.2) is 22.9 Å². The summed E-state index contributed by atoms with van der Waals surface area (Å²) in [7, 11) is 0. The van der Waals surface area contributed by atoms with Crippen LogP contribution < -0.4 is 4.74 Å². The Bertz CT molecular complexity index is 542. The third-order valence-electron chi connectivity index (χ3n) is 2.13. The van der Waals surface area contributed by atoms with Crippen molar-refractivity contribution in [3.05, 3.63) is 36.2 Å². The van der Waals surface area contributed by atoms with Gasteiger partial charge in [-0.1, -0.05) is 0 Å². The van der Waals surface area contributed by atoms with Gasteiger partial charge in [0, 0.05) is 11.6 Å². The number of aromatic nitrogens is 1. The highest BCUT2D eigenvalue weighted by atomic mass is 19.1. The van der Waals surface area contributed by atoms with E-state index in [-0.39, 0.29) is 5.69 Å². The monoisotopic (exact) mass is 221 g/mol. The van der Waals surface area contributed by atoms with E-state index in [2.05, 4.69) is 9.72 Å². The van der Waals surface area contributed by atoms with Crippen LogP contribution in [0.4, 0.5) is 4.39 Å². The summed E-state index contributed by atoms with van der Waals surface area (Å²) in [5.41, 5.74) is -0.0510. The summed E-state index contributed by atoms with van der Waals surface area (Å²) in [6.07, 6.45) is 1.46. The van der Waals surface area contributed by atoms with E-state index in [0.717, 1.165) is 5.39 Å². The number of carboxylic acids is 1. The second-order valence-corrected chi connectivity index (χ2v) is 3.14. The van der Waals surface area contributed by atoms with E-state index in [0.29, 0.717) is 11.1 Å². The molecule has 0 radical (unpaired) electrons. The molecular formula is C11H8FNO3. The third-order valence-corrected chi connectivity index (χ3v) is 2.13. The standard InChI is InChI=1S/C11H8FNO3/c12-6-16-9-2-1-7-5-13-10(11(14)15)4-8(7)3-9/h1-5H,6H2,(H,14,15). The second-order valence-electron chi connectivity index (χ2n) is 3.14. The molecule has 0 spiro atoms. The fourth-order valence-corrected chi connectivity index (χ4v) is 1.39. The molecule has 2 rings (SSSR count). The van der Waals surface area contributed by atoms with Crippen molar-refractivity contribution < 1.29 is 19.0 Å². The number of nitrogens with zero attached hydrogens (tertiary/aromatic N) is 1. The predicted molar refractivity (Wildman–Crippen MR) is 55.3 cm³/mol. The smallest absolute Gasteiger partial charge is 0.354 e. The third kappa shape index (κ3) is 1.93. The molecule has 5 heteroatoms. The van der Waals surface area contributed by atoms with Gasteiger partial charge in [0.1, 0.15) is 11.4 Å². The van der Waals surface area contributed by atoms with Crippen LogP contribution in [-0.2, 0) is 0 Å². The molecule has 0 atom stereocenters. The Hall–Kier alpha value is -2.17. The van der Waals surface area contributed by atoms with Crippen molar-refractivity contribution in [1.82, 2.24) is 4.98 Å². The van der Waals surface area contributed by atoms with E-state index in [1.165, 1.54) is 12.3 Å². The highest BCUT2D eigenvalue weighted by molar-refractivity contribution is 5.92. The van der Waals surface area contributed by atoms with Crippen molar-refractivity contribution in [2.24, 2.45) is 0 Å². The Morgan fingerprint density at radius 3 is 2.88 bits per heavy atom. The minimum atomic E-state index is -1.10. The molecule has 0 fully saturated rings. The van der Waals surface area contributed by atoms with Gasteiger partial charge in [0.05, 0.1) is 0 Å². The minimum absolute atomic E-state index is 0.0510. The first-order chi connectivity index (χ1) is 7.70. The summed E-state index contributed by atoms with van der Waals surface area (Å²) in [4.78, 5) is 14.5. The number of alkyl halides is 1. The van der Waals surface area contributed by atoms with E-state index in [1.807, 2.05) is 0 Å². The normalized spacial score (nSPS) is 10.3. The van der Waals surface area contributed by atoms with Gasteiger partial charge in [-0.25, -0.2) is 14.2 Å². The van der Waals surface area contributed by atoms with Gasteiger partial charge in [0.2, 0.25) is 6.86 Å². The molecule has 16 heavy (non-hydrogen) atoms. The van der Waals surface area contributed by atoms with E-state index in [9.17, 15) is 9.18 Å². The number of carboxylic acid groups (broad SMARTS) is 1. The molecule has 1 aromatic carbocycles. The fourth-order valence-electron chi connectivity index (χ4n) is 1.39. The van der Waals surface area contributed by atoms with Gasteiger partial charge in [-0.2, -0.15) is 0 Å². The lowest BCUT2D eigenvalue weighted by Gasteiger charge is -2.03. The van der Waals surface area contributed by atoms with Crippen LogP contribution in [0, 0.1) is 0 Å². The van der Waals surface area contributed by atoms with Crippen molar-refractivity contribution in [2.45, 2.75) is 0 Å². The molecular weight excluding hydrogens is 213 g/mol.